The van der Waals surface area contributed by atoms with E-state index in [1.54, 1.807) is 0 Å². The molecule has 1 saturated carbocycles. The zero-order valence-electron chi connectivity index (χ0n) is 7.56. The van der Waals surface area contributed by atoms with Gasteiger partial charge in [0.1, 0.15) is 0 Å². The summed E-state index contributed by atoms with van der Waals surface area (Å²) in [5.74, 6) is -0.111. The van der Waals surface area contributed by atoms with Crippen LogP contribution in [0.1, 0.15) is 39.5 Å². The summed E-state index contributed by atoms with van der Waals surface area (Å²) in [4.78, 5) is 0. The van der Waals surface area contributed by atoms with Crippen molar-refractivity contribution < 1.29 is 9.47 Å². The molecule has 2 heteroatoms. The van der Waals surface area contributed by atoms with E-state index in [9.17, 15) is 0 Å². The highest BCUT2D eigenvalue weighted by Gasteiger charge is 2.38. The molecule has 66 valence electrons. The molecule has 2 rings (SSSR count). The number of rotatable bonds is 0. The Balaban J connectivity index is 0.000000281. The molecule has 1 saturated heterocycles. The molecule has 1 heterocycles. The third-order valence-corrected chi connectivity index (χ3v) is 2.18. The van der Waals surface area contributed by atoms with E-state index in [1.807, 2.05) is 13.8 Å². The smallest absolute Gasteiger partial charge is 0.168 e. The second-order valence-corrected chi connectivity index (χ2v) is 2.81. The van der Waals surface area contributed by atoms with Gasteiger partial charge in [0.15, 0.2) is 5.79 Å². The van der Waals surface area contributed by atoms with Gasteiger partial charge in [0.25, 0.3) is 0 Å². The fourth-order valence-electron chi connectivity index (χ4n) is 1.70. The molecule has 0 bridgehead atoms. The number of ether oxygens (including phenoxy) is 2. The predicted octanol–water partition coefficient (Wildman–Crippen LogP) is 2.33. The van der Waals surface area contributed by atoms with Crippen molar-refractivity contribution in [1.29, 1.82) is 0 Å². The van der Waals surface area contributed by atoms with Crippen molar-refractivity contribution in [3.05, 3.63) is 0 Å². The van der Waals surface area contributed by atoms with Gasteiger partial charge in [-0.3, -0.25) is 0 Å². The first kappa shape index (κ1) is 9.01. The molecule has 1 aliphatic carbocycles. The van der Waals surface area contributed by atoms with Gasteiger partial charge in [-0.2, -0.15) is 0 Å². The minimum Gasteiger partial charge on any atom is -0.348 e. The first-order valence-electron chi connectivity index (χ1n) is 4.69. The fraction of sp³-hybridized carbons (Fsp3) is 1.00. The molecule has 0 aromatic rings. The van der Waals surface area contributed by atoms with E-state index in [4.69, 9.17) is 9.47 Å². The van der Waals surface area contributed by atoms with Gasteiger partial charge in [-0.25, -0.2) is 0 Å². The molecule has 0 amide bonds. The van der Waals surface area contributed by atoms with Crippen molar-refractivity contribution in [3.8, 4) is 0 Å². The van der Waals surface area contributed by atoms with Crippen LogP contribution in [0.3, 0.4) is 0 Å². The lowest BCUT2D eigenvalue weighted by molar-refractivity contribution is -0.150. The fourth-order valence-corrected chi connectivity index (χ4v) is 1.70. The van der Waals surface area contributed by atoms with Crippen molar-refractivity contribution in [2.24, 2.45) is 0 Å². The maximum atomic E-state index is 5.48. The molecule has 0 aromatic carbocycles. The SMILES string of the molecule is C1CCC2(C1)OCCO2.CC. The number of hydrogen-bond acceptors (Lipinski definition) is 2. The molecule has 1 spiro atoms. The van der Waals surface area contributed by atoms with Gasteiger partial charge in [-0.05, 0) is 12.8 Å². The first-order chi connectivity index (χ1) is 5.41. The van der Waals surface area contributed by atoms with E-state index in [-0.39, 0.29) is 5.79 Å². The van der Waals surface area contributed by atoms with E-state index in [2.05, 4.69) is 0 Å². The summed E-state index contributed by atoms with van der Waals surface area (Å²) in [6.45, 7) is 5.61. The van der Waals surface area contributed by atoms with E-state index >= 15 is 0 Å². The molecule has 2 aliphatic rings. The molecule has 0 aromatic heterocycles. The van der Waals surface area contributed by atoms with Gasteiger partial charge in [0.05, 0.1) is 13.2 Å². The second kappa shape index (κ2) is 4.07. The Morgan fingerprint density at radius 1 is 0.909 bits per heavy atom. The van der Waals surface area contributed by atoms with Crippen LogP contribution in [0.15, 0.2) is 0 Å². The lowest BCUT2D eigenvalue weighted by atomic mass is 10.2. The molecule has 0 atom stereocenters. The Morgan fingerprint density at radius 3 is 1.82 bits per heavy atom. The summed E-state index contributed by atoms with van der Waals surface area (Å²) >= 11 is 0. The van der Waals surface area contributed by atoms with Gasteiger partial charge >= 0.3 is 0 Å². The van der Waals surface area contributed by atoms with Gasteiger partial charge in [0, 0.05) is 12.8 Å². The Kier molecular flexibility index (Phi) is 3.34. The largest absolute Gasteiger partial charge is 0.348 e. The summed E-state index contributed by atoms with van der Waals surface area (Å²) in [5, 5.41) is 0. The molecule has 0 N–H and O–H groups in total. The van der Waals surface area contributed by atoms with E-state index < -0.39 is 0 Å². The third-order valence-electron chi connectivity index (χ3n) is 2.18. The van der Waals surface area contributed by atoms with Crippen LogP contribution in [-0.4, -0.2) is 19.0 Å². The Labute approximate surface area is 68.9 Å². The molecule has 2 fully saturated rings. The van der Waals surface area contributed by atoms with Crippen LogP contribution in [0, 0.1) is 0 Å². The molecule has 11 heavy (non-hydrogen) atoms. The maximum absolute atomic E-state index is 5.48. The van der Waals surface area contributed by atoms with Crippen LogP contribution in [0.25, 0.3) is 0 Å². The minimum atomic E-state index is -0.111. The van der Waals surface area contributed by atoms with Crippen molar-refractivity contribution in [2.75, 3.05) is 13.2 Å². The van der Waals surface area contributed by atoms with Gasteiger partial charge in [-0.15, -0.1) is 0 Å². The Morgan fingerprint density at radius 2 is 1.36 bits per heavy atom. The standard InChI is InChI=1S/C7H12O2.C2H6/c1-2-4-7(3-1)8-5-6-9-7;1-2/h1-6H2;1-2H3. The molecule has 0 radical (unpaired) electrons. The normalized spacial score (nSPS) is 26.7. The molecule has 2 nitrogen and oxygen atoms in total. The monoisotopic (exact) mass is 158 g/mol. The molecular formula is C9H18O2. The van der Waals surface area contributed by atoms with Crippen molar-refractivity contribution in [3.63, 3.8) is 0 Å². The number of hydrogen-bond donors (Lipinski definition) is 0. The van der Waals surface area contributed by atoms with Crippen LogP contribution < -0.4 is 0 Å². The van der Waals surface area contributed by atoms with E-state index in [0.29, 0.717) is 0 Å². The lowest BCUT2D eigenvalue weighted by Gasteiger charge is -2.19. The quantitative estimate of drug-likeness (QED) is 0.538. The summed E-state index contributed by atoms with van der Waals surface area (Å²) in [7, 11) is 0. The first-order valence-corrected chi connectivity index (χ1v) is 4.69. The summed E-state index contributed by atoms with van der Waals surface area (Å²) in [6.07, 6.45) is 4.79. The van der Waals surface area contributed by atoms with Gasteiger partial charge < -0.3 is 9.47 Å². The molecule has 0 unspecified atom stereocenters. The maximum Gasteiger partial charge on any atom is 0.168 e. The zero-order chi connectivity index (χ0) is 8.16. The average Bonchev–Trinajstić information content (AvgIpc) is 2.69. The van der Waals surface area contributed by atoms with Gasteiger partial charge in [0.2, 0.25) is 0 Å². The minimum absolute atomic E-state index is 0.111. The predicted molar refractivity (Wildman–Crippen MR) is 44.5 cm³/mol. The zero-order valence-corrected chi connectivity index (χ0v) is 7.56. The lowest BCUT2D eigenvalue weighted by Crippen LogP contribution is -2.24. The highest BCUT2D eigenvalue weighted by Crippen LogP contribution is 2.36. The average molecular weight is 158 g/mol. The Bertz CT molecular complexity index is 82.6. The molecular weight excluding hydrogens is 140 g/mol. The van der Waals surface area contributed by atoms with E-state index in [0.717, 1.165) is 26.1 Å². The second-order valence-electron chi connectivity index (χ2n) is 2.81. The van der Waals surface area contributed by atoms with Crippen molar-refractivity contribution in [2.45, 2.75) is 45.3 Å². The highest BCUT2D eigenvalue weighted by atomic mass is 16.7. The highest BCUT2D eigenvalue weighted by molar-refractivity contribution is 4.79. The van der Waals surface area contributed by atoms with Crippen LogP contribution in [0.2, 0.25) is 0 Å². The van der Waals surface area contributed by atoms with Crippen LogP contribution in [0.4, 0.5) is 0 Å². The summed E-state index contributed by atoms with van der Waals surface area (Å²) in [6, 6.07) is 0. The van der Waals surface area contributed by atoms with E-state index in [1.165, 1.54) is 12.8 Å². The van der Waals surface area contributed by atoms with Crippen LogP contribution in [-0.2, 0) is 9.47 Å². The van der Waals surface area contributed by atoms with Crippen LogP contribution >= 0.6 is 0 Å². The van der Waals surface area contributed by atoms with Gasteiger partial charge in [-0.1, -0.05) is 13.8 Å². The van der Waals surface area contributed by atoms with Crippen molar-refractivity contribution in [1.82, 2.24) is 0 Å². The summed E-state index contributed by atoms with van der Waals surface area (Å²) < 4.78 is 11.0. The third kappa shape index (κ3) is 1.94. The van der Waals surface area contributed by atoms with Crippen molar-refractivity contribution >= 4 is 0 Å². The summed E-state index contributed by atoms with van der Waals surface area (Å²) in [5.41, 5.74) is 0. The molecule has 1 aliphatic heterocycles. The Hall–Kier alpha value is -0.0800. The van der Waals surface area contributed by atoms with Crippen LogP contribution in [0.5, 0.6) is 0 Å². The topological polar surface area (TPSA) is 18.5 Å².